The van der Waals surface area contributed by atoms with Gasteiger partial charge in [0, 0.05) is 12.8 Å². The van der Waals surface area contributed by atoms with Crippen LogP contribution in [0.5, 0.6) is 0 Å². The first-order valence-electron chi connectivity index (χ1n) is 9.27. The summed E-state index contributed by atoms with van der Waals surface area (Å²) in [4.78, 5) is 69.3. The van der Waals surface area contributed by atoms with Gasteiger partial charge in [-0.3, -0.25) is 24.0 Å². The van der Waals surface area contributed by atoms with Crippen LogP contribution in [0.1, 0.15) is 39.5 Å². The average Bonchev–Trinajstić information content (AvgIpc) is 2.64. The number of carbonyl (C=O) groups is 6. The van der Waals surface area contributed by atoms with Crippen molar-refractivity contribution in [3.8, 4) is 0 Å². The summed E-state index contributed by atoms with van der Waals surface area (Å²) in [5.74, 6) is -5.25. The zero-order chi connectivity index (χ0) is 23.4. The lowest BCUT2D eigenvalue weighted by Crippen LogP contribution is -2.54. The number of carbonyl (C=O) groups excluding carboxylic acids is 5. The molecule has 0 bridgehead atoms. The van der Waals surface area contributed by atoms with E-state index in [0.29, 0.717) is 0 Å². The van der Waals surface area contributed by atoms with Crippen molar-refractivity contribution in [3.05, 3.63) is 0 Å². The molecule has 13 heteroatoms. The Labute approximate surface area is 173 Å². The van der Waals surface area contributed by atoms with Crippen molar-refractivity contribution in [3.63, 3.8) is 0 Å². The number of nitrogens with one attached hydrogen (secondary N) is 3. The molecule has 0 aromatic heterocycles. The molecular weight excluding hydrogens is 400 g/mol. The Bertz CT molecular complexity index is 667. The third-order valence-electron chi connectivity index (χ3n) is 4.02. The maximum Gasteiger partial charge on any atom is 0.326 e. The van der Waals surface area contributed by atoms with Crippen molar-refractivity contribution in [2.45, 2.75) is 57.7 Å². The summed E-state index contributed by atoms with van der Waals surface area (Å²) < 4.78 is 0. The van der Waals surface area contributed by atoms with Crippen LogP contribution in [-0.2, 0) is 28.8 Å². The molecule has 0 aromatic rings. The molecule has 10 N–H and O–H groups in total. The second-order valence-corrected chi connectivity index (χ2v) is 7.02. The first-order chi connectivity index (χ1) is 13.8. The second kappa shape index (κ2) is 13.1. The predicted molar refractivity (Wildman–Crippen MR) is 104 cm³/mol. The monoisotopic (exact) mass is 430 g/mol. The third-order valence-corrected chi connectivity index (χ3v) is 4.02. The fourth-order valence-corrected chi connectivity index (χ4v) is 2.29. The fourth-order valence-electron chi connectivity index (χ4n) is 2.29. The summed E-state index contributed by atoms with van der Waals surface area (Å²) >= 11 is 0. The van der Waals surface area contributed by atoms with E-state index in [0.717, 1.165) is 0 Å². The summed E-state index contributed by atoms with van der Waals surface area (Å²) in [5, 5.41) is 15.9. The minimum atomic E-state index is -1.22. The van der Waals surface area contributed by atoms with Gasteiger partial charge in [0.25, 0.3) is 0 Å². The Morgan fingerprint density at radius 1 is 0.867 bits per heavy atom. The van der Waals surface area contributed by atoms with Crippen molar-refractivity contribution in [2.75, 3.05) is 6.54 Å². The summed E-state index contributed by atoms with van der Waals surface area (Å²) in [6.45, 7) is 2.66. The van der Waals surface area contributed by atoms with E-state index in [1.807, 2.05) is 0 Å². The van der Waals surface area contributed by atoms with E-state index in [4.69, 9.17) is 22.3 Å². The highest BCUT2D eigenvalue weighted by atomic mass is 16.4. The summed E-state index contributed by atoms with van der Waals surface area (Å²) in [5.41, 5.74) is 15.7. The molecule has 5 amide bonds. The molecule has 0 spiro atoms. The molecular formula is C17H30N6O7. The zero-order valence-corrected chi connectivity index (χ0v) is 17.0. The quantitative estimate of drug-likeness (QED) is 0.147. The van der Waals surface area contributed by atoms with Crippen LogP contribution in [0.2, 0.25) is 0 Å². The van der Waals surface area contributed by atoms with E-state index < -0.39 is 60.2 Å². The Hall–Kier alpha value is -3.22. The van der Waals surface area contributed by atoms with Crippen molar-refractivity contribution < 1.29 is 33.9 Å². The second-order valence-electron chi connectivity index (χ2n) is 7.02. The lowest BCUT2D eigenvalue weighted by molar-refractivity contribution is -0.143. The summed E-state index contributed by atoms with van der Waals surface area (Å²) in [6.07, 6.45) is -0.552. The Balaban J connectivity index is 4.91. The lowest BCUT2D eigenvalue weighted by Gasteiger charge is -2.21. The molecule has 0 aliphatic carbocycles. The van der Waals surface area contributed by atoms with Crippen LogP contribution in [0.3, 0.4) is 0 Å². The molecule has 13 nitrogen and oxygen atoms in total. The summed E-state index contributed by atoms with van der Waals surface area (Å²) in [6, 6.07) is -3.48. The highest BCUT2D eigenvalue weighted by molar-refractivity contribution is 5.93. The van der Waals surface area contributed by atoms with Crippen LogP contribution >= 0.6 is 0 Å². The zero-order valence-electron chi connectivity index (χ0n) is 17.0. The van der Waals surface area contributed by atoms with E-state index >= 15 is 0 Å². The molecule has 30 heavy (non-hydrogen) atoms. The minimum Gasteiger partial charge on any atom is -0.480 e. The van der Waals surface area contributed by atoms with Gasteiger partial charge in [0.1, 0.15) is 12.1 Å². The van der Waals surface area contributed by atoms with Crippen LogP contribution in [0.15, 0.2) is 0 Å². The fraction of sp³-hybridized carbons (Fsp3) is 0.647. The van der Waals surface area contributed by atoms with Crippen LogP contribution in [-0.4, -0.2) is 65.3 Å². The van der Waals surface area contributed by atoms with Gasteiger partial charge in [-0.2, -0.15) is 0 Å². The standard InChI is InChI=1S/C17H30N6O7/c1-8(2)14(17(29)30)23-13(26)7-21-16(28)10(4-6-12(20)25)22-15(27)9(18)3-5-11(19)24/h8-10,14H,3-7,18H2,1-2H3,(H2,19,24)(H2,20,25)(H,21,28)(H,22,27)(H,23,26)(H,29,30). The van der Waals surface area contributed by atoms with E-state index in [1.54, 1.807) is 13.8 Å². The van der Waals surface area contributed by atoms with Crippen LogP contribution in [0.25, 0.3) is 0 Å². The van der Waals surface area contributed by atoms with Crippen molar-refractivity contribution in [2.24, 2.45) is 23.1 Å². The van der Waals surface area contributed by atoms with Gasteiger partial charge in [-0.1, -0.05) is 13.8 Å². The molecule has 3 unspecified atom stereocenters. The SMILES string of the molecule is CC(C)C(NC(=O)CNC(=O)C(CCC(N)=O)NC(=O)C(N)CCC(N)=O)C(=O)O. The normalized spacial score (nSPS) is 13.6. The Morgan fingerprint density at radius 2 is 1.40 bits per heavy atom. The molecule has 0 aliphatic rings. The van der Waals surface area contributed by atoms with Gasteiger partial charge in [-0.05, 0) is 18.8 Å². The number of aliphatic carboxylic acids is 1. The molecule has 0 saturated heterocycles. The topological polar surface area (TPSA) is 237 Å². The van der Waals surface area contributed by atoms with E-state index in [-0.39, 0.29) is 31.6 Å². The number of primary amides is 2. The van der Waals surface area contributed by atoms with E-state index in [1.165, 1.54) is 0 Å². The van der Waals surface area contributed by atoms with Crippen LogP contribution in [0.4, 0.5) is 0 Å². The van der Waals surface area contributed by atoms with Gasteiger partial charge in [0.2, 0.25) is 29.5 Å². The molecule has 170 valence electrons. The van der Waals surface area contributed by atoms with Crippen LogP contribution < -0.4 is 33.2 Å². The first-order valence-corrected chi connectivity index (χ1v) is 9.27. The molecule has 0 saturated carbocycles. The van der Waals surface area contributed by atoms with Gasteiger partial charge in [-0.15, -0.1) is 0 Å². The Kier molecular flexibility index (Phi) is 11.7. The first kappa shape index (κ1) is 26.8. The van der Waals surface area contributed by atoms with Gasteiger partial charge in [0.15, 0.2) is 0 Å². The largest absolute Gasteiger partial charge is 0.480 e. The summed E-state index contributed by atoms with van der Waals surface area (Å²) in [7, 11) is 0. The Morgan fingerprint density at radius 3 is 1.87 bits per heavy atom. The molecule has 0 fully saturated rings. The van der Waals surface area contributed by atoms with Crippen LogP contribution in [0, 0.1) is 5.92 Å². The highest BCUT2D eigenvalue weighted by Gasteiger charge is 2.26. The van der Waals surface area contributed by atoms with Gasteiger partial charge in [-0.25, -0.2) is 4.79 Å². The number of carboxylic acid groups (broad SMARTS) is 1. The predicted octanol–water partition coefficient (Wildman–Crippen LogP) is -3.33. The molecule has 0 rings (SSSR count). The molecule has 0 aliphatic heterocycles. The molecule has 0 radical (unpaired) electrons. The smallest absolute Gasteiger partial charge is 0.326 e. The lowest BCUT2D eigenvalue weighted by atomic mass is 10.0. The molecule has 0 aromatic carbocycles. The van der Waals surface area contributed by atoms with E-state index in [2.05, 4.69) is 16.0 Å². The van der Waals surface area contributed by atoms with Crippen molar-refractivity contribution in [1.82, 2.24) is 16.0 Å². The highest BCUT2D eigenvalue weighted by Crippen LogP contribution is 2.02. The number of rotatable bonds is 14. The number of carboxylic acids is 1. The van der Waals surface area contributed by atoms with Crippen molar-refractivity contribution in [1.29, 1.82) is 0 Å². The third kappa shape index (κ3) is 10.9. The molecule has 0 heterocycles. The maximum absolute atomic E-state index is 12.3. The van der Waals surface area contributed by atoms with Gasteiger partial charge < -0.3 is 38.3 Å². The van der Waals surface area contributed by atoms with E-state index in [9.17, 15) is 28.8 Å². The van der Waals surface area contributed by atoms with Crippen molar-refractivity contribution >= 4 is 35.5 Å². The maximum atomic E-state index is 12.3. The number of nitrogens with two attached hydrogens (primary N) is 3. The minimum absolute atomic E-state index is 0.0422. The number of hydrogen-bond acceptors (Lipinski definition) is 7. The number of amides is 5. The van der Waals surface area contributed by atoms with Gasteiger partial charge in [0.05, 0.1) is 12.6 Å². The van der Waals surface area contributed by atoms with Gasteiger partial charge >= 0.3 is 5.97 Å². The average molecular weight is 430 g/mol. The molecule has 3 atom stereocenters. The number of hydrogen-bond donors (Lipinski definition) is 7.